The van der Waals surface area contributed by atoms with Gasteiger partial charge < -0.3 is 5.32 Å². The number of hydrogen-bond donors (Lipinski definition) is 1. The van der Waals surface area contributed by atoms with Crippen molar-refractivity contribution in [3.8, 4) is 0 Å². The predicted octanol–water partition coefficient (Wildman–Crippen LogP) is 2.44. The quantitative estimate of drug-likeness (QED) is 0.566. The van der Waals surface area contributed by atoms with Crippen molar-refractivity contribution in [3.05, 3.63) is 0 Å². The lowest BCUT2D eigenvalue weighted by Crippen LogP contribution is -2.29. The Hall–Kier alpha value is 1.01. The van der Waals surface area contributed by atoms with Gasteiger partial charge in [0.25, 0.3) is 0 Å². The highest BCUT2D eigenvalue weighted by Crippen LogP contribution is 2.28. The van der Waals surface area contributed by atoms with Gasteiger partial charge in [-0.05, 0) is 19.1 Å². The highest BCUT2D eigenvalue weighted by atomic mass is 33.1. The third-order valence-corrected chi connectivity index (χ3v) is 4.63. The second kappa shape index (κ2) is 6.52. The average Bonchev–Trinajstić information content (AvgIpc) is 2.28. The van der Waals surface area contributed by atoms with Crippen molar-refractivity contribution < 1.29 is 0 Å². The van der Waals surface area contributed by atoms with Crippen LogP contribution in [-0.4, -0.2) is 29.7 Å². The predicted molar refractivity (Wildman–Crippen MR) is 59.5 cm³/mol. The van der Waals surface area contributed by atoms with Gasteiger partial charge in [-0.2, -0.15) is 0 Å². The van der Waals surface area contributed by atoms with Gasteiger partial charge in [0.05, 0.1) is 0 Å². The van der Waals surface area contributed by atoms with Crippen LogP contribution < -0.4 is 5.32 Å². The molecular formula is C7H15NS3. The molecule has 0 aliphatic carbocycles. The molecule has 11 heavy (non-hydrogen) atoms. The van der Waals surface area contributed by atoms with Crippen molar-refractivity contribution in [2.45, 2.75) is 18.9 Å². The molecule has 1 heterocycles. The second-order valence-electron chi connectivity index (χ2n) is 2.56. The first kappa shape index (κ1) is 10.1. The Bertz CT molecular complexity index is 91.7. The molecule has 1 nitrogen and oxygen atoms in total. The van der Waals surface area contributed by atoms with Crippen molar-refractivity contribution in [1.29, 1.82) is 0 Å². The molecule has 1 aliphatic heterocycles. The zero-order chi connectivity index (χ0) is 7.94. The fourth-order valence-corrected chi connectivity index (χ4v) is 3.73. The van der Waals surface area contributed by atoms with Crippen molar-refractivity contribution in [2.75, 3.05) is 23.6 Å². The number of thioether (sulfide) groups is 1. The monoisotopic (exact) mass is 209 g/mol. The van der Waals surface area contributed by atoms with E-state index in [1.54, 1.807) is 0 Å². The molecule has 1 N–H and O–H groups in total. The van der Waals surface area contributed by atoms with Crippen LogP contribution in [-0.2, 0) is 0 Å². The van der Waals surface area contributed by atoms with Crippen LogP contribution in [0.15, 0.2) is 0 Å². The zero-order valence-electron chi connectivity index (χ0n) is 6.84. The zero-order valence-corrected chi connectivity index (χ0v) is 9.29. The van der Waals surface area contributed by atoms with E-state index in [9.17, 15) is 0 Å². The molecule has 0 amide bonds. The summed E-state index contributed by atoms with van der Waals surface area (Å²) >= 11 is 1.88. The molecule has 0 radical (unpaired) electrons. The first-order chi connectivity index (χ1) is 5.43. The third-order valence-electron chi connectivity index (χ3n) is 1.70. The van der Waals surface area contributed by atoms with Gasteiger partial charge in [-0.1, -0.05) is 21.6 Å². The van der Waals surface area contributed by atoms with E-state index in [1.807, 2.05) is 33.3 Å². The summed E-state index contributed by atoms with van der Waals surface area (Å²) in [5.74, 6) is 3.74. The SMILES string of the molecule is CSCNC1CCSSCC1. The first-order valence-corrected chi connectivity index (χ1v) is 7.78. The van der Waals surface area contributed by atoms with Crippen LogP contribution in [0.4, 0.5) is 0 Å². The standard InChI is InChI=1S/C7H15NS3/c1-9-6-8-7-2-4-10-11-5-3-7/h7-8H,2-6H2,1H3. The lowest BCUT2D eigenvalue weighted by molar-refractivity contribution is 0.532. The normalized spacial score (nSPS) is 21.5. The Morgan fingerprint density at radius 3 is 2.55 bits per heavy atom. The Morgan fingerprint density at radius 1 is 1.36 bits per heavy atom. The van der Waals surface area contributed by atoms with Crippen molar-refractivity contribution in [3.63, 3.8) is 0 Å². The van der Waals surface area contributed by atoms with E-state index in [2.05, 4.69) is 11.6 Å². The minimum absolute atomic E-state index is 0.782. The van der Waals surface area contributed by atoms with Crippen LogP contribution in [0.2, 0.25) is 0 Å². The summed E-state index contributed by atoms with van der Waals surface area (Å²) in [6.45, 7) is 0. The van der Waals surface area contributed by atoms with E-state index in [0.29, 0.717) is 0 Å². The van der Waals surface area contributed by atoms with E-state index in [1.165, 1.54) is 24.3 Å². The maximum atomic E-state index is 3.55. The van der Waals surface area contributed by atoms with E-state index >= 15 is 0 Å². The van der Waals surface area contributed by atoms with E-state index in [-0.39, 0.29) is 0 Å². The summed E-state index contributed by atoms with van der Waals surface area (Å²) in [6, 6.07) is 0.782. The van der Waals surface area contributed by atoms with Crippen LogP contribution in [0.3, 0.4) is 0 Å². The molecule has 0 unspecified atom stereocenters. The summed E-state index contributed by atoms with van der Waals surface area (Å²) in [4.78, 5) is 0. The van der Waals surface area contributed by atoms with Gasteiger partial charge in [0.15, 0.2) is 0 Å². The highest BCUT2D eigenvalue weighted by molar-refractivity contribution is 8.76. The second-order valence-corrected chi connectivity index (χ2v) is 6.12. The molecule has 0 atom stereocenters. The molecule has 0 aromatic carbocycles. The van der Waals surface area contributed by atoms with E-state index in [0.717, 1.165) is 11.9 Å². The fourth-order valence-electron chi connectivity index (χ4n) is 1.05. The van der Waals surface area contributed by atoms with Gasteiger partial charge in [-0.3, -0.25) is 0 Å². The molecule has 1 fully saturated rings. The largest absolute Gasteiger partial charge is 0.305 e. The molecule has 1 aliphatic rings. The summed E-state index contributed by atoms with van der Waals surface area (Å²) in [7, 11) is 4.05. The minimum Gasteiger partial charge on any atom is -0.305 e. The van der Waals surface area contributed by atoms with Gasteiger partial charge in [0.2, 0.25) is 0 Å². The number of nitrogens with one attached hydrogen (secondary N) is 1. The van der Waals surface area contributed by atoms with Crippen LogP contribution >= 0.6 is 33.3 Å². The van der Waals surface area contributed by atoms with Gasteiger partial charge in [-0.25, -0.2) is 0 Å². The molecule has 0 aromatic heterocycles. The molecule has 0 bridgehead atoms. The molecule has 1 rings (SSSR count). The lowest BCUT2D eigenvalue weighted by atomic mass is 10.2. The summed E-state index contributed by atoms with van der Waals surface area (Å²) in [6.07, 6.45) is 4.84. The van der Waals surface area contributed by atoms with Crippen molar-refractivity contribution >= 4 is 33.3 Å². The maximum absolute atomic E-state index is 3.55. The van der Waals surface area contributed by atoms with Crippen LogP contribution in [0.5, 0.6) is 0 Å². The van der Waals surface area contributed by atoms with E-state index < -0.39 is 0 Å². The minimum atomic E-state index is 0.782. The summed E-state index contributed by atoms with van der Waals surface area (Å²) in [5, 5.41) is 3.55. The van der Waals surface area contributed by atoms with Crippen LogP contribution in [0.1, 0.15) is 12.8 Å². The number of hydrogen-bond acceptors (Lipinski definition) is 4. The van der Waals surface area contributed by atoms with Crippen LogP contribution in [0, 0.1) is 0 Å². The van der Waals surface area contributed by atoms with Gasteiger partial charge in [0.1, 0.15) is 0 Å². The molecule has 0 saturated carbocycles. The first-order valence-electron chi connectivity index (χ1n) is 3.90. The van der Waals surface area contributed by atoms with Gasteiger partial charge in [-0.15, -0.1) is 11.8 Å². The molecule has 0 spiro atoms. The topological polar surface area (TPSA) is 12.0 Å². The highest BCUT2D eigenvalue weighted by Gasteiger charge is 2.10. The fraction of sp³-hybridized carbons (Fsp3) is 1.00. The molecule has 66 valence electrons. The summed E-state index contributed by atoms with van der Waals surface area (Å²) in [5.41, 5.74) is 0. The molecule has 0 aromatic rings. The molecule has 1 saturated heterocycles. The summed E-state index contributed by atoms with van der Waals surface area (Å²) < 4.78 is 0. The lowest BCUT2D eigenvalue weighted by Gasteiger charge is -2.13. The van der Waals surface area contributed by atoms with Crippen molar-refractivity contribution in [2.24, 2.45) is 0 Å². The Kier molecular flexibility index (Phi) is 5.98. The molecule has 4 heteroatoms. The third kappa shape index (κ3) is 4.55. The Balaban J connectivity index is 2.09. The van der Waals surface area contributed by atoms with Gasteiger partial charge >= 0.3 is 0 Å². The number of rotatable bonds is 3. The van der Waals surface area contributed by atoms with Crippen LogP contribution in [0.25, 0.3) is 0 Å². The average molecular weight is 209 g/mol. The van der Waals surface area contributed by atoms with Crippen molar-refractivity contribution in [1.82, 2.24) is 5.32 Å². The Labute approximate surface area is 81.2 Å². The maximum Gasteiger partial charge on any atom is 0.0417 e. The van der Waals surface area contributed by atoms with Gasteiger partial charge in [0, 0.05) is 23.4 Å². The van der Waals surface area contributed by atoms with E-state index in [4.69, 9.17) is 0 Å². The smallest absolute Gasteiger partial charge is 0.0417 e. The Morgan fingerprint density at radius 2 is 2.00 bits per heavy atom. The molecular weight excluding hydrogens is 194 g/mol.